The van der Waals surface area contributed by atoms with Crippen molar-refractivity contribution >= 4 is 12.4 Å². The van der Waals surface area contributed by atoms with Crippen molar-refractivity contribution in [3.05, 3.63) is 77.9 Å². The van der Waals surface area contributed by atoms with Crippen molar-refractivity contribution in [1.82, 2.24) is 0 Å². The number of aldehydes is 1. The topological polar surface area (TPSA) is 17.1 Å². The summed E-state index contributed by atoms with van der Waals surface area (Å²) in [7, 11) is 0. The maximum atomic E-state index is 11.3. The van der Waals surface area contributed by atoms with Crippen LogP contribution in [0.2, 0.25) is 0 Å². The number of hydrogen-bond acceptors (Lipinski definition) is 1. The summed E-state index contributed by atoms with van der Waals surface area (Å²) in [5, 5.41) is 0. The number of allylic oxidation sites excluding steroid dienone is 1. The van der Waals surface area contributed by atoms with Gasteiger partial charge in [-0.2, -0.15) is 0 Å². The fourth-order valence-corrected chi connectivity index (χ4v) is 2.39. The summed E-state index contributed by atoms with van der Waals surface area (Å²) >= 11 is 0. The maximum absolute atomic E-state index is 11.3. The zero-order valence-corrected chi connectivity index (χ0v) is 11.8. The predicted octanol–water partition coefficient (Wildman–Crippen LogP) is 4.71. The molecule has 0 radical (unpaired) electrons. The van der Waals surface area contributed by atoms with E-state index in [1.807, 2.05) is 36.4 Å². The van der Waals surface area contributed by atoms with Crippen LogP contribution in [-0.4, -0.2) is 6.29 Å². The Hall–Kier alpha value is -2.15. The number of hydrogen-bond donors (Lipinski definition) is 0. The van der Waals surface area contributed by atoms with Crippen molar-refractivity contribution in [1.29, 1.82) is 0 Å². The van der Waals surface area contributed by atoms with Gasteiger partial charge in [0.1, 0.15) is 6.29 Å². The van der Waals surface area contributed by atoms with E-state index < -0.39 is 0 Å². The zero-order valence-electron chi connectivity index (χ0n) is 11.8. The number of carbonyl (C=O) groups is 1. The second-order valence-electron chi connectivity index (χ2n) is 4.91. The second kappa shape index (κ2) is 7.44. The van der Waals surface area contributed by atoms with Crippen LogP contribution in [0.25, 0.3) is 6.08 Å². The Morgan fingerprint density at radius 3 is 2.10 bits per heavy atom. The molecule has 0 aliphatic heterocycles. The van der Waals surface area contributed by atoms with Crippen molar-refractivity contribution in [2.45, 2.75) is 19.3 Å². The summed E-state index contributed by atoms with van der Waals surface area (Å²) in [6, 6.07) is 20.4. The van der Waals surface area contributed by atoms with Crippen molar-refractivity contribution in [3.63, 3.8) is 0 Å². The van der Waals surface area contributed by atoms with E-state index in [9.17, 15) is 4.79 Å². The Morgan fingerprint density at radius 1 is 0.950 bits per heavy atom. The minimum atomic E-state index is 0.0253. The summed E-state index contributed by atoms with van der Waals surface area (Å²) < 4.78 is 0. The molecule has 0 amide bonds. The molecule has 0 saturated heterocycles. The first-order valence-corrected chi connectivity index (χ1v) is 7.08. The van der Waals surface area contributed by atoms with Crippen LogP contribution in [0.1, 0.15) is 30.4 Å². The molecule has 0 bridgehead atoms. The molecule has 0 N–H and O–H groups in total. The van der Waals surface area contributed by atoms with Crippen LogP contribution in [0.5, 0.6) is 0 Å². The molecule has 0 aromatic heterocycles. The van der Waals surface area contributed by atoms with Crippen molar-refractivity contribution in [2.75, 3.05) is 0 Å². The van der Waals surface area contributed by atoms with Crippen LogP contribution in [0, 0.1) is 5.92 Å². The summed E-state index contributed by atoms with van der Waals surface area (Å²) in [5.74, 6) is 0.163. The average molecular weight is 264 g/mol. The first kappa shape index (κ1) is 14.3. The van der Waals surface area contributed by atoms with Crippen LogP contribution in [0.4, 0.5) is 0 Å². The van der Waals surface area contributed by atoms with Crippen molar-refractivity contribution in [2.24, 2.45) is 5.92 Å². The Balaban J connectivity index is 2.28. The normalized spacial score (nSPS) is 14.1. The van der Waals surface area contributed by atoms with E-state index in [4.69, 9.17) is 0 Å². The molecule has 2 aromatic rings. The Bertz CT molecular complexity index is 542. The SMILES string of the molecule is CC[C@H](C=O)[C@@H](/C=C/c1ccccc1)c1ccccc1. The van der Waals surface area contributed by atoms with Gasteiger partial charge >= 0.3 is 0 Å². The van der Waals surface area contributed by atoms with E-state index in [-0.39, 0.29) is 11.8 Å². The number of rotatable bonds is 6. The third kappa shape index (κ3) is 3.67. The van der Waals surface area contributed by atoms with Crippen molar-refractivity contribution < 1.29 is 4.79 Å². The van der Waals surface area contributed by atoms with Crippen molar-refractivity contribution in [3.8, 4) is 0 Å². The second-order valence-corrected chi connectivity index (χ2v) is 4.91. The number of benzene rings is 2. The molecule has 0 fully saturated rings. The predicted molar refractivity (Wildman–Crippen MR) is 84.5 cm³/mol. The molecule has 1 nitrogen and oxygen atoms in total. The van der Waals surface area contributed by atoms with E-state index >= 15 is 0 Å². The van der Waals surface area contributed by atoms with E-state index in [2.05, 4.69) is 43.3 Å². The molecule has 0 heterocycles. The van der Waals surface area contributed by atoms with Gasteiger partial charge in [-0.05, 0) is 17.5 Å². The third-order valence-corrected chi connectivity index (χ3v) is 3.59. The van der Waals surface area contributed by atoms with Crippen LogP contribution >= 0.6 is 0 Å². The molecule has 0 spiro atoms. The molecule has 20 heavy (non-hydrogen) atoms. The third-order valence-electron chi connectivity index (χ3n) is 3.59. The van der Waals surface area contributed by atoms with Crippen LogP contribution < -0.4 is 0 Å². The van der Waals surface area contributed by atoms with Gasteiger partial charge in [-0.3, -0.25) is 0 Å². The van der Waals surface area contributed by atoms with E-state index in [1.54, 1.807) is 0 Å². The lowest BCUT2D eigenvalue weighted by molar-refractivity contribution is -0.111. The van der Waals surface area contributed by atoms with E-state index in [1.165, 1.54) is 5.56 Å². The highest BCUT2D eigenvalue weighted by Gasteiger charge is 2.18. The largest absolute Gasteiger partial charge is 0.303 e. The molecule has 0 unspecified atom stereocenters. The highest BCUT2D eigenvalue weighted by molar-refractivity contribution is 5.59. The Labute approximate surface area is 121 Å². The van der Waals surface area contributed by atoms with Gasteiger partial charge in [-0.15, -0.1) is 0 Å². The lowest BCUT2D eigenvalue weighted by Crippen LogP contribution is -2.11. The smallest absolute Gasteiger partial charge is 0.123 e. The van der Waals surface area contributed by atoms with Gasteiger partial charge in [0.05, 0.1) is 0 Å². The van der Waals surface area contributed by atoms with Crippen LogP contribution in [0.3, 0.4) is 0 Å². The van der Waals surface area contributed by atoms with Crippen LogP contribution in [-0.2, 0) is 4.79 Å². The first-order chi connectivity index (χ1) is 9.85. The first-order valence-electron chi connectivity index (χ1n) is 7.08. The molecule has 102 valence electrons. The Morgan fingerprint density at radius 2 is 1.55 bits per heavy atom. The molecule has 1 heteroatoms. The molecular formula is C19H20O. The summed E-state index contributed by atoms with van der Waals surface area (Å²) in [4.78, 5) is 11.3. The molecule has 0 aliphatic rings. The van der Waals surface area contributed by atoms with Gasteiger partial charge < -0.3 is 4.79 Å². The summed E-state index contributed by atoms with van der Waals surface area (Å²) in [6.45, 7) is 2.06. The standard InChI is InChI=1S/C19H20O/c1-2-17(15-20)19(18-11-7-4-8-12-18)14-13-16-9-5-3-6-10-16/h3-15,17,19H,2H2,1H3/b14-13+/t17-,19-/m1/s1. The highest BCUT2D eigenvalue weighted by Crippen LogP contribution is 2.28. The molecule has 2 aromatic carbocycles. The molecule has 2 rings (SSSR count). The quantitative estimate of drug-likeness (QED) is 0.691. The average Bonchev–Trinajstić information content (AvgIpc) is 2.53. The van der Waals surface area contributed by atoms with E-state index in [0.717, 1.165) is 18.3 Å². The highest BCUT2D eigenvalue weighted by atomic mass is 16.1. The molecule has 0 aliphatic carbocycles. The molecule has 0 saturated carbocycles. The van der Waals surface area contributed by atoms with Gasteiger partial charge in [0, 0.05) is 11.8 Å². The lowest BCUT2D eigenvalue weighted by atomic mass is 9.84. The van der Waals surface area contributed by atoms with E-state index in [0.29, 0.717) is 0 Å². The van der Waals surface area contributed by atoms with Gasteiger partial charge in [0.15, 0.2) is 0 Å². The van der Waals surface area contributed by atoms with Gasteiger partial charge in [-0.1, -0.05) is 79.7 Å². The fraction of sp³-hybridized carbons (Fsp3) is 0.211. The number of carbonyl (C=O) groups excluding carboxylic acids is 1. The van der Waals surface area contributed by atoms with Gasteiger partial charge in [0.25, 0.3) is 0 Å². The van der Waals surface area contributed by atoms with Gasteiger partial charge in [-0.25, -0.2) is 0 Å². The van der Waals surface area contributed by atoms with Gasteiger partial charge in [0.2, 0.25) is 0 Å². The Kier molecular flexibility index (Phi) is 5.31. The zero-order chi connectivity index (χ0) is 14.2. The molecular weight excluding hydrogens is 244 g/mol. The summed E-state index contributed by atoms with van der Waals surface area (Å²) in [5.41, 5.74) is 2.35. The minimum Gasteiger partial charge on any atom is -0.303 e. The molecule has 2 atom stereocenters. The monoisotopic (exact) mass is 264 g/mol. The fourth-order valence-electron chi connectivity index (χ4n) is 2.39. The van der Waals surface area contributed by atoms with Crippen LogP contribution in [0.15, 0.2) is 66.7 Å². The summed E-state index contributed by atoms with van der Waals surface area (Å²) in [6.07, 6.45) is 6.17. The lowest BCUT2D eigenvalue weighted by Gasteiger charge is -2.19. The maximum Gasteiger partial charge on any atom is 0.123 e. The minimum absolute atomic E-state index is 0.0253.